The van der Waals surface area contributed by atoms with Gasteiger partial charge < -0.3 is 5.32 Å². The Labute approximate surface area is 141 Å². The van der Waals surface area contributed by atoms with Crippen molar-refractivity contribution in [1.82, 2.24) is 25.5 Å². The molecule has 0 aliphatic carbocycles. The Morgan fingerprint density at radius 1 is 1.26 bits per heavy atom. The third kappa shape index (κ3) is 4.54. The van der Waals surface area contributed by atoms with Crippen molar-refractivity contribution < 1.29 is 4.79 Å². The van der Waals surface area contributed by atoms with Crippen LogP contribution in [0.1, 0.15) is 38.8 Å². The maximum absolute atomic E-state index is 12.2. The Balaban J connectivity index is 2.18. The van der Waals surface area contributed by atoms with Gasteiger partial charge in [-0.05, 0) is 75.2 Å². The van der Waals surface area contributed by atoms with Gasteiger partial charge >= 0.3 is 0 Å². The number of carbonyl (C=O) groups excluding carboxylic acids is 1. The van der Waals surface area contributed by atoms with Gasteiger partial charge in [-0.1, -0.05) is 17.8 Å². The van der Waals surface area contributed by atoms with E-state index in [4.69, 9.17) is 0 Å². The maximum atomic E-state index is 12.2. The molecule has 0 aliphatic heterocycles. The first kappa shape index (κ1) is 17.5. The smallest absolute Gasteiger partial charge is 0.233 e. The van der Waals surface area contributed by atoms with Crippen LogP contribution in [0, 0.1) is 13.8 Å². The summed E-state index contributed by atoms with van der Waals surface area (Å²) in [5.41, 5.74) is 3.02. The lowest BCUT2D eigenvalue weighted by Crippen LogP contribution is -2.44. The average Bonchev–Trinajstić information content (AvgIpc) is 2.88. The zero-order valence-electron chi connectivity index (χ0n) is 14.4. The molecule has 0 radical (unpaired) electrons. The number of tetrazole rings is 1. The van der Waals surface area contributed by atoms with Gasteiger partial charge in [-0.25, -0.2) is 0 Å². The fourth-order valence-corrected chi connectivity index (χ4v) is 2.76. The molecule has 1 aromatic carbocycles. The second-order valence-corrected chi connectivity index (χ2v) is 7.95. The molecule has 1 atom stereocenters. The van der Waals surface area contributed by atoms with Crippen molar-refractivity contribution in [3.8, 4) is 5.69 Å². The van der Waals surface area contributed by atoms with Crippen LogP contribution in [-0.2, 0) is 4.79 Å². The lowest BCUT2D eigenvalue weighted by Gasteiger charge is -2.22. The summed E-state index contributed by atoms with van der Waals surface area (Å²) >= 11 is 1.35. The Bertz CT molecular complexity index is 705. The molecule has 0 saturated carbocycles. The van der Waals surface area contributed by atoms with Crippen molar-refractivity contribution in [2.24, 2.45) is 0 Å². The highest BCUT2D eigenvalue weighted by molar-refractivity contribution is 8.00. The van der Waals surface area contributed by atoms with Crippen LogP contribution >= 0.6 is 11.8 Å². The van der Waals surface area contributed by atoms with Crippen LogP contribution in [0.4, 0.5) is 0 Å². The van der Waals surface area contributed by atoms with Crippen LogP contribution in [0.3, 0.4) is 0 Å². The zero-order chi connectivity index (χ0) is 17.2. The number of nitrogens with zero attached hydrogens (tertiary/aromatic N) is 4. The summed E-state index contributed by atoms with van der Waals surface area (Å²) in [6, 6.07) is 6.05. The van der Waals surface area contributed by atoms with E-state index in [0.29, 0.717) is 5.16 Å². The van der Waals surface area contributed by atoms with Crippen LogP contribution < -0.4 is 5.32 Å². The third-order valence-electron chi connectivity index (χ3n) is 3.33. The molecule has 124 valence electrons. The predicted octanol–water partition coefficient (Wildman–Crippen LogP) is 2.67. The molecule has 0 saturated heterocycles. The second kappa shape index (κ2) is 6.70. The van der Waals surface area contributed by atoms with E-state index in [9.17, 15) is 4.79 Å². The van der Waals surface area contributed by atoms with Gasteiger partial charge in [-0.3, -0.25) is 4.79 Å². The van der Waals surface area contributed by atoms with Gasteiger partial charge in [0.15, 0.2) is 0 Å². The maximum Gasteiger partial charge on any atom is 0.233 e. The number of hydrogen-bond donors (Lipinski definition) is 1. The molecular weight excluding hydrogens is 310 g/mol. The number of carbonyl (C=O) groups is 1. The van der Waals surface area contributed by atoms with Gasteiger partial charge in [0, 0.05) is 5.54 Å². The van der Waals surface area contributed by atoms with E-state index in [2.05, 4.69) is 34.7 Å². The number of nitrogens with one attached hydrogen (secondary N) is 1. The zero-order valence-corrected chi connectivity index (χ0v) is 15.2. The third-order valence-corrected chi connectivity index (χ3v) is 4.36. The van der Waals surface area contributed by atoms with Gasteiger partial charge in [0.1, 0.15) is 0 Å². The molecule has 6 nitrogen and oxygen atoms in total. The molecule has 0 aliphatic rings. The lowest BCUT2D eigenvalue weighted by molar-refractivity contribution is -0.121. The van der Waals surface area contributed by atoms with Crippen molar-refractivity contribution in [2.45, 2.75) is 57.5 Å². The molecule has 1 N–H and O–H groups in total. The van der Waals surface area contributed by atoms with Crippen molar-refractivity contribution in [2.75, 3.05) is 0 Å². The number of benzene rings is 1. The van der Waals surface area contributed by atoms with Crippen molar-refractivity contribution in [1.29, 1.82) is 0 Å². The van der Waals surface area contributed by atoms with Gasteiger partial charge in [0.05, 0.1) is 10.9 Å². The van der Waals surface area contributed by atoms with Crippen LogP contribution in [0.15, 0.2) is 23.4 Å². The lowest BCUT2D eigenvalue weighted by atomic mass is 10.1. The molecule has 1 amide bonds. The Morgan fingerprint density at radius 3 is 2.57 bits per heavy atom. The molecule has 2 rings (SSSR count). The van der Waals surface area contributed by atoms with Crippen LogP contribution in [0.2, 0.25) is 0 Å². The first-order chi connectivity index (χ1) is 10.7. The van der Waals surface area contributed by atoms with Crippen molar-refractivity contribution >= 4 is 17.7 Å². The molecular formula is C16H23N5OS. The molecule has 0 bridgehead atoms. The number of aryl methyl sites for hydroxylation is 2. The van der Waals surface area contributed by atoms with Gasteiger partial charge in [-0.15, -0.1) is 5.10 Å². The Morgan fingerprint density at radius 2 is 1.96 bits per heavy atom. The van der Waals surface area contributed by atoms with E-state index in [1.54, 1.807) is 4.68 Å². The first-order valence-electron chi connectivity index (χ1n) is 7.52. The first-order valence-corrected chi connectivity index (χ1v) is 8.40. The monoisotopic (exact) mass is 333 g/mol. The summed E-state index contributed by atoms with van der Waals surface area (Å²) in [4.78, 5) is 12.2. The van der Waals surface area contributed by atoms with E-state index < -0.39 is 0 Å². The molecule has 0 unspecified atom stereocenters. The average molecular weight is 333 g/mol. The van der Waals surface area contributed by atoms with Crippen LogP contribution in [0.25, 0.3) is 5.69 Å². The molecule has 1 heterocycles. The molecule has 0 fully saturated rings. The van der Waals surface area contributed by atoms with Crippen molar-refractivity contribution in [3.63, 3.8) is 0 Å². The number of thioether (sulfide) groups is 1. The molecule has 23 heavy (non-hydrogen) atoms. The minimum Gasteiger partial charge on any atom is -0.351 e. The largest absolute Gasteiger partial charge is 0.351 e. The normalized spacial score (nSPS) is 13.0. The standard InChI is InChI=1S/C16H23N5OS/c1-10-7-8-13(9-11(10)2)21-15(18-19-20-21)23-12(3)14(22)17-16(4,5)6/h7-9,12H,1-6H3,(H,17,22)/t12-/m1/s1. The van der Waals surface area contributed by atoms with E-state index in [1.165, 1.54) is 22.9 Å². The summed E-state index contributed by atoms with van der Waals surface area (Å²) in [6.07, 6.45) is 0. The summed E-state index contributed by atoms with van der Waals surface area (Å²) in [5.74, 6) is -0.0304. The Hall–Kier alpha value is -1.89. The van der Waals surface area contributed by atoms with Gasteiger partial charge in [0.25, 0.3) is 0 Å². The molecule has 1 aromatic heterocycles. The highest BCUT2D eigenvalue weighted by atomic mass is 32.2. The number of amides is 1. The Kier molecular flexibility index (Phi) is 5.09. The van der Waals surface area contributed by atoms with E-state index >= 15 is 0 Å². The van der Waals surface area contributed by atoms with Crippen molar-refractivity contribution in [3.05, 3.63) is 29.3 Å². The molecule has 0 spiro atoms. The minimum absolute atomic E-state index is 0.0304. The van der Waals surface area contributed by atoms with Gasteiger partial charge in [-0.2, -0.15) is 4.68 Å². The molecule has 7 heteroatoms. The van der Waals surface area contributed by atoms with E-state index in [1.807, 2.05) is 45.9 Å². The fourth-order valence-electron chi connectivity index (χ4n) is 1.95. The number of aromatic nitrogens is 4. The predicted molar refractivity (Wildman–Crippen MR) is 91.8 cm³/mol. The summed E-state index contributed by atoms with van der Waals surface area (Å²) in [6.45, 7) is 11.8. The highest BCUT2D eigenvalue weighted by Crippen LogP contribution is 2.24. The van der Waals surface area contributed by atoms with Gasteiger partial charge in [0.2, 0.25) is 11.1 Å². The topological polar surface area (TPSA) is 72.7 Å². The SMILES string of the molecule is Cc1ccc(-n2nnnc2S[C@H](C)C(=O)NC(C)(C)C)cc1C. The van der Waals surface area contributed by atoms with E-state index in [-0.39, 0.29) is 16.7 Å². The highest BCUT2D eigenvalue weighted by Gasteiger charge is 2.22. The number of hydrogen-bond acceptors (Lipinski definition) is 5. The summed E-state index contributed by atoms with van der Waals surface area (Å²) < 4.78 is 1.66. The van der Waals surface area contributed by atoms with Crippen LogP contribution in [0.5, 0.6) is 0 Å². The fraction of sp³-hybridized carbons (Fsp3) is 0.500. The van der Waals surface area contributed by atoms with E-state index in [0.717, 1.165) is 5.69 Å². The second-order valence-electron chi connectivity index (χ2n) is 6.64. The quantitative estimate of drug-likeness (QED) is 0.871. The summed E-state index contributed by atoms with van der Waals surface area (Å²) in [7, 11) is 0. The van der Waals surface area contributed by atoms with Crippen LogP contribution in [-0.4, -0.2) is 36.9 Å². The number of rotatable bonds is 4. The molecule has 2 aromatic rings. The summed E-state index contributed by atoms with van der Waals surface area (Å²) in [5, 5.41) is 15.1. The minimum atomic E-state index is -0.287.